The van der Waals surface area contributed by atoms with E-state index >= 15 is 0 Å². The summed E-state index contributed by atoms with van der Waals surface area (Å²) in [5, 5.41) is 10.4. The summed E-state index contributed by atoms with van der Waals surface area (Å²) in [5.41, 5.74) is 0.994. The highest BCUT2D eigenvalue weighted by molar-refractivity contribution is 6.18. The van der Waals surface area contributed by atoms with Gasteiger partial charge in [0.25, 0.3) is 0 Å². The first-order chi connectivity index (χ1) is 10.0. The number of hydrogen-bond donors (Lipinski definition) is 1. The molecule has 1 unspecified atom stereocenters. The molecule has 0 aliphatic carbocycles. The minimum Gasteiger partial charge on any atom is -0.493 e. The Hall–Kier alpha value is -1.72. The number of rotatable bonds is 5. The van der Waals surface area contributed by atoms with Crippen LogP contribution in [-0.2, 0) is 6.42 Å². The van der Waals surface area contributed by atoms with E-state index in [1.165, 1.54) is 14.2 Å². The highest BCUT2D eigenvalue weighted by Crippen LogP contribution is 2.36. The molecule has 1 N–H and O–H groups in total. The SMILES string of the molecule is COc1ccc2c(C)c(CC(O)CCl)c(=O)oc2c1OC. The zero-order chi connectivity index (χ0) is 15.6. The predicted octanol–water partition coefficient (Wildman–Crippen LogP) is 2.26. The van der Waals surface area contributed by atoms with Crippen molar-refractivity contribution in [3.63, 3.8) is 0 Å². The van der Waals surface area contributed by atoms with Gasteiger partial charge in [-0.05, 0) is 24.6 Å². The van der Waals surface area contributed by atoms with Gasteiger partial charge >= 0.3 is 5.63 Å². The van der Waals surface area contributed by atoms with Crippen molar-refractivity contribution in [3.8, 4) is 11.5 Å². The second-order valence-electron chi connectivity index (χ2n) is 4.68. The smallest absolute Gasteiger partial charge is 0.339 e. The molecule has 2 aromatic rings. The monoisotopic (exact) mass is 312 g/mol. The average molecular weight is 313 g/mol. The molecule has 1 heterocycles. The van der Waals surface area contributed by atoms with E-state index in [1.807, 2.05) is 0 Å². The van der Waals surface area contributed by atoms with Crippen LogP contribution >= 0.6 is 11.6 Å². The summed E-state index contributed by atoms with van der Waals surface area (Å²) in [7, 11) is 3.00. The number of aryl methyl sites for hydroxylation is 1. The maximum atomic E-state index is 12.2. The number of methoxy groups -OCH3 is 2. The lowest BCUT2D eigenvalue weighted by molar-refractivity contribution is 0.197. The Bertz CT molecular complexity index is 707. The molecular formula is C15H17ClO5. The van der Waals surface area contributed by atoms with Gasteiger partial charge in [0, 0.05) is 23.3 Å². The average Bonchev–Trinajstić information content (AvgIpc) is 2.49. The molecule has 1 aromatic carbocycles. The van der Waals surface area contributed by atoms with Gasteiger partial charge in [0.15, 0.2) is 11.3 Å². The summed E-state index contributed by atoms with van der Waals surface area (Å²) in [5.74, 6) is 0.920. The minimum absolute atomic E-state index is 0.0584. The maximum absolute atomic E-state index is 12.2. The largest absolute Gasteiger partial charge is 0.493 e. The first-order valence-electron chi connectivity index (χ1n) is 6.44. The number of ether oxygens (including phenoxy) is 2. The van der Waals surface area contributed by atoms with E-state index in [9.17, 15) is 9.90 Å². The van der Waals surface area contributed by atoms with Crippen molar-refractivity contribution in [3.05, 3.63) is 33.7 Å². The standard InChI is InChI=1S/C15H17ClO5/c1-8-10-4-5-12(19-2)14(20-3)13(10)21-15(18)11(8)6-9(17)7-16/h4-5,9,17H,6-7H2,1-3H3. The number of benzene rings is 1. The summed E-state index contributed by atoms with van der Waals surface area (Å²) in [6, 6.07) is 3.54. The van der Waals surface area contributed by atoms with E-state index < -0.39 is 11.7 Å². The van der Waals surface area contributed by atoms with Crippen LogP contribution in [0, 0.1) is 6.92 Å². The molecule has 2 rings (SSSR count). The van der Waals surface area contributed by atoms with E-state index in [1.54, 1.807) is 19.1 Å². The fourth-order valence-electron chi connectivity index (χ4n) is 2.29. The van der Waals surface area contributed by atoms with Gasteiger partial charge in [0.05, 0.1) is 20.3 Å². The lowest BCUT2D eigenvalue weighted by Gasteiger charge is -2.13. The fourth-order valence-corrected chi connectivity index (χ4v) is 2.40. The van der Waals surface area contributed by atoms with Crippen LogP contribution in [0.2, 0.25) is 0 Å². The van der Waals surface area contributed by atoms with E-state index in [0.717, 1.165) is 10.9 Å². The molecule has 0 amide bonds. The van der Waals surface area contributed by atoms with Crippen molar-refractivity contribution in [1.82, 2.24) is 0 Å². The first kappa shape index (κ1) is 15.7. The van der Waals surface area contributed by atoms with Gasteiger partial charge in [-0.2, -0.15) is 0 Å². The Balaban J connectivity index is 2.71. The molecular weight excluding hydrogens is 296 g/mol. The first-order valence-corrected chi connectivity index (χ1v) is 6.98. The zero-order valence-electron chi connectivity index (χ0n) is 12.1. The molecule has 1 aromatic heterocycles. The van der Waals surface area contributed by atoms with Crippen molar-refractivity contribution in [1.29, 1.82) is 0 Å². The van der Waals surface area contributed by atoms with Crippen molar-refractivity contribution < 1.29 is 19.0 Å². The van der Waals surface area contributed by atoms with Crippen LogP contribution in [0.4, 0.5) is 0 Å². The van der Waals surface area contributed by atoms with Crippen molar-refractivity contribution in [2.75, 3.05) is 20.1 Å². The van der Waals surface area contributed by atoms with E-state index in [2.05, 4.69) is 0 Å². The number of fused-ring (bicyclic) bond motifs is 1. The van der Waals surface area contributed by atoms with Crippen molar-refractivity contribution in [2.24, 2.45) is 0 Å². The fraction of sp³-hybridized carbons (Fsp3) is 0.400. The molecule has 0 aliphatic heterocycles. The normalized spacial score (nSPS) is 12.4. The summed E-state index contributed by atoms with van der Waals surface area (Å²) in [6.45, 7) is 1.81. The highest BCUT2D eigenvalue weighted by atomic mass is 35.5. The number of aliphatic hydroxyl groups excluding tert-OH is 1. The topological polar surface area (TPSA) is 68.9 Å². The lowest BCUT2D eigenvalue weighted by Crippen LogP contribution is -2.20. The van der Waals surface area contributed by atoms with E-state index in [-0.39, 0.29) is 12.3 Å². The van der Waals surface area contributed by atoms with Crippen molar-refractivity contribution in [2.45, 2.75) is 19.4 Å². The summed E-state index contributed by atoms with van der Waals surface area (Å²) in [6.07, 6.45) is -0.632. The van der Waals surface area contributed by atoms with Crippen LogP contribution in [0.15, 0.2) is 21.3 Å². The quantitative estimate of drug-likeness (QED) is 0.677. The van der Waals surface area contributed by atoms with Gasteiger partial charge in [0.2, 0.25) is 5.75 Å². The van der Waals surface area contributed by atoms with Gasteiger partial charge < -0.3 is 19.0 Å². The van der Waals surface area contributed by atoms with Gasteiger partial charge in [-0.15, -0.1) is 11.6 Å². The van der Waals surface area contributed by atoms with E-state index in [0.29, 0.717) is 22.6 Å². The molecule has 21 heavy (non-hydrogen) atoms. The highest BCUT2D eigenvalue weighted by Gasteiger charge is 2.19. The van der Waals surface area contributed by atoms with Crippen LogP contribution in [0.5, 0.6) is 11.5 Å². The Morgan fingerprint density at radius 2 is 2.05 bits per heavy atom. The molecule has 0 saturated carbocycles. The van der Waals surface area contributed by atoms with Crippen LogP contribution in [0.25, 0.3) is 11.0 Å². The molecule has 114 valence electrons. The lowest BCUT2D eigenvalue weighted by atomic mass is 10.0. The second-order valence-corrected chi connectivity index (χ2v) is 4.99. The van der Waals surface area contributed by atoms with E-state index in [4.69, 9.17) is 25.5 Å². The second kappa shape index (κ2) is 6.37. The summed E-state index contributed by atoms with van der Waals surface area (Å²) in [4.78, 5) is 12.2. The molecule has 0 aliphatic rings. The summed E-state index contributed by atoms with van der Waals surface area (Å²) >= 11 is 5.59. The van der Waals surface area contributed by atoms with Crippen LogP contribution in [0.1, 0.15) is 11.1 Å². The molecule has 0 saturated heterocycles. The zero-order valence-corrected chi connectivity index (χ0v) is 12.9. The third-order valence-corrected chi connectivity index (χ3v) is 3.77. The number of halogens is 1. The minimum atomic E-state index is -0.786. The Kier molecular flexibility index (Phi) is 4.75. The van der Waals surface area contributed by atoms with Gasteiger partial charge in [-0.1, -0.05) is 0 Å². The molecule has 5 nitrogen and oxygen atoms in total. The third-order valence-electron chi connectivity index (χ3n) is 3.42. The van der Waals surface area contributed by atoms with Gasteiger partial charge in [-0.3, -0.25) is 0 Å². The van der Waals surface area contributed by atoms with Crippen molar-refractivity contribution >= 4 is 22.6 Å². The number of aliphatic hydroxyl groups is 1. The van der Waals surface area contributed by atoms with Crippen LogP contribution in [0.3, 0.4) is 0 Å². The maximum Gasteiger partial charge on any atom is 0.339 e. The van der Waals surface area contributed by atoms with Crippen LogP contribution in [-0.4, -0.2) is 31.3 Å². The summed E-state index contributed by atoms with van der Waals surface area (Å²) < 4.78 is 15.8. The molecule has 0 radical (unpaired) electrons. The molecule has 1 atom stereocenters. The molecule has 0 spiro atoms. The van der Waals surface area contributed by atoms with Gasteiger partial charge in [0.1, 0.15) is 0 Å². The Morgan fingerprint density at radius 1 is 1.33 bits per heavy atom. The Morgan fingerprint density at radius 3 is 2.62 bits per heavy atom. The van der Waals surface area contributed by atoms with Crippen LogP contribution < -0.4 is 15.1 Å². The van der Waals surface area contributed by atoms with Gasteiger partial charge in [-0.25, -0.2) is 4.79 Å². The molecule has 0 fully saturated rings. The molecule has 0 bridgehead atoms. The third kappa shape index (κ3) is 2.84. The Labute approximate surface area is 127 Å². The number of hydrogen-bond acceptors (Lipinski definition) is 5. The predicted molar refractivity (Wildman–Crippen MR) is 80.8 cm³/mol. The molecule has 6 heteroatoms. The number of alkyl halides is 1.